The molecular weight excluding hydrogens is 220 g/mol. The molecule has 1 aromatic rings. The summed E-state index contributed by atoms with van der Waals surface area (Å²) in [7, 11) is 0. The van der Waals surface area contributed by atoms with Gasteiger partial charge < -0.3 is 10.6 Å². The molecule has 1 fully saturated rings. The van der Waals surface area contributed by atoms with Gasteiger partial charge in [0, 0.05) is 36.6 Å². The normalized spacial score (nSPS) is 25.7. The summed E-state index contributed by atoms with van der Waals surface area (Å²) in [6, 6.07) is 0.438. The van der Waals surface area contributed by atoms with Crippen LogP contribution >= 0.6 is 11.5 Å². The van der Waals surface area contributed by atoms with Gasteiger partial charge in [-0.05, 0) is 12.3 Å². The summed E-state index contributed by atoms with van der Waals surface area (Å²) >= 11 is 1.51. The number of hydrogen-bond donors (Lipinski definition) is 1. The van der Waals surface area contributed by atoms with Crippen LogP contribution in [0.5, 0.6) is 0 Å². The zero-order valence-electron chi connectivity index (χ0n) is 10.2. The van der Waals surface area contributed by atoms with Crippen LogP contribution in [0.4, 0.5) is 5.13 Å². The molecule has 1 aliphatic heterocycles. The topological polar surface area (TPSA) is 55.0 Å². The van der Waals surface area contributed by atoms with Gasteiger partial charge in [-0.15, -0.1) is 0 Å². The highest BCUT2D eigenvalue weighted by Gasteiger charge is 2.32. The Hall–Kier alpha value is -0.680. The first-order valence-electron chi connectivity index (χ1n) is 5.93. The van der Waals surface area contributed by atoms with Crippen molar-refractivity contribution in [1.29, 1.82) is 0 Å². The molecular formula is C11H20N4S. The smallest absolute Gasteiger partial charge is 0.205 e. The zero-order chi connectivity index (χ0) is 11.7. The van der Waals surface area contributed by atoms with Gasteiger partial charge >= 0.3 is 0 Å². The number of anilines is 1. The van der Waals surface area contributed by atoms with Crippen LogP contribution in [-0.4, -0.2) is 28.5 Å². The Kier molecular flexibility index (Phi) is 3.44. The van der Waals surface area contributed by atoms with E-state index in [2.05, 4.69) is 35.0 Å². The third kappa shape index (κ3) is 2.06. The molecule has 4 nitrogen and oxygen atoms in total. The molecule has 16 heavy (non-hydrogen) atoms. The molecule has 1 aromatic heterocycles. The fourth-order valence-electron chi connectivity index (χ4n) is 2.18. The molecule has 1 aliphatic rings. The van der Waals surface area contributed by atoms with Gasteiger partial charge in [0.25, 0.3) is 0 Å². The lowest BCUT2D eigenvalue weighted by Crippen LogP contribution is -2.38. The molecule has 2 unspecified atom stereocenters. The summed E-state index contributed by atoms with van der Waals surface area (Å²) < 4.78 is 4.40. The average molecular weight is 240 g/mol. The number of hydrogen-bond acceptors (Lipinski definition) is 5. The van der Waals surface area contributed by atoms with E-state index >= 15 is 0 Å². The molecule has 2 rings (SSSR count). The zero-order valence-corrected chi connectivity index (χ0v) is 11.0. The summed E-state index contributed by atoms with van der Waals surface area (Å²) in [6.07, 6.45) is 1.21. The van der Waals surface area contributed by atoms with Crippen molar-refractivity contribution >= 4 is 16.7 Å². The number of aromatic nitrogens is 2. The van der Waals surface area contributed by atoms with Gasteiger partial charge in [0.15, 0.2) is 0 Å². The third-order valence-corrected chi connectivity index (χ3v) is 4.08. The molecule has 2 heterocycles. The Balaban J connectivity index is 2.17. The Morgan fingerprint density at radius 1 is 1.56 bits per heavy atom. The minimum absolute atomic E-state index is 0.404. The predicted molar refractivity (Wildman–Crippen MR) is 68.0 cm³/mol. The van der Waals surface area contributed by atoms with Crippen LogP contribution in [0.3, 0.4) is 0 Å². The molecule has 90 valence electrons. The van der Waals surface area contributed by atoms with Gasteiger partial charge in [0.1, 0.15) is 5.82 Å². The highest BCUT2D eigenvalue weighted by molar-refractivity contribution is 7.09. The second-order valence-electron chi connectivity index (χ2n) is 4.85. The van der Waals surface area contributed by atoms with E-state index in [1.165, 1.54) is 18.0 Å². The van der Waals surface area contributed by atoms with Gasteiger partial charge in [-0.2, -0.15) is 4.37 Å². The van der Waals surface area contributed by atoms with Crippen molar-refractivity contribution in [1.82, 2.24) is 9.36 Å². The van der Waals surface area contributed by atoms with Gasteiger partial charge in [-0.1, -0.05) is 20.8 Å². The van der Waals surface area contributed by atoms with E-state index in [9.17, 15) is 0 Å². The molecule has 0 amide bonds. The van der Waals surface area contributed by atoms with E-state index in [-0.39, 0.29) is 0 Å². The monoisotopic (exact) mass is 240 g/mol. The van der Waals surface area contributed by atoms with E-state index in [4.69, 9.17) is 5.73 Å². The largest absolute Gasteiger partial charge is 0.342 e. The van der Waals surface area contributed by atoms with E-state index in [0.29, 0.717) is 24.4 Å². The lowest BCUT2D eigenvalue weighted by molar-refractivity contribution is 0.518. The van der Waals surface area contributed by atoms with Crippen molar-refractivity contribution in [2.45, 2.75) is 39.2 Å². The van der Waals surface area contributed by atoms with Crippen LogP contribution in [0.15, 0.2) is 0 Å². The third-order valence-electron chi connectivity index (χ3n) is 3.32. The number of nitrogens with two attached hydrogens (primary N) is 1. The molecule has 1 saturated heterocycles. The molecule has 2 N–H and O–H groups in total. The molecule has 0 saturated carbocycles. The fraction of sp³-hybridized carbons (Fsp3) is 0.818. The highest BCUT2D eigenvalue weighted by atomic mass is 32.1. The van der Waals surface area contributed by atoms with Crippen molar-refractivity contribution in [3.63, 3.8) is 0 Å². The molecule has 0 aliphatic carbocycles. The SMILES string of the molecule is CC(C)c1nsc(N2CCC(C)C2CN)n1. The summed E-state index contributed by atoms with van der Waals surface area (Å²) in [4.78, 5) is 6.93. The number of nitrogens with zero attached hydrogens (tertiary/aromatic N) is 3. The summed E-state index contributed by atoms with van der Waals surface area (Å²) in [5, 5.41) is 1.04. The summed E-state index contributed by atoms with van der Waals surface area (Å²) in [5.41, 5.74) is 5.83. The number of rotatable bonds is 3. The molecule has 2 atom stereocenters. The van der Waals surface area contributed by atoms with E-state index in [1.807, 2.05) is 0 Å². The minimum Gasteiger partial charge on any atom is -0.342 e. The first-order valence-corrected chi connectivity index (χ1v) is 6.71. The van der Waals surface area contributed by atoms with Crippen LogP contribution in [0.1, 0.15) is 38.9 Å². The van der Waals surface area contributed by atoms with Gasteiger partial charge in [-0.3, -0.25) is 0 Å². The average Bonchev–Trinajstić information content (AvgIpc) is 2.83. The molecule has 5 heteroatoms. The second kappa shape index (κ2) is 4.67. The predicted octanol–water partition coefficient (Wildman–Crippen LogP) is 1.83. The highest BCUT2D eigenvalue weighted by Crippen LogP contribution is 2.31. The summed E-state index contributed by atoms with van der Waals surface area (Å²) in [5.74, 6) is 2.02. The van der Waals surface area contributed by atoms with Crippen molar-refractivity contribution in [2.75, 3.05) is 18.0 Å². The van der Waals surface area contributed by atoms with Crippen LogP contribution < -0.4 is 10.6 Å². The van der Waals surface area contributed by atoms with Crippen LogP contribution in [-0.2, 0) is 0 Å². The van der Waals surface area contributed by atoms with Gasteiger partial charge in [-0.25, -0.2) is 4.98 Å². The Morgan fingerprint density at radius 3 is 2.88 bits per heavy atom. The van der Waals surface area contributed by atoms with Gasteiger partial charge in [0.05, 0.1) is 0 Å². The maximum absolute atomic E-state index is 5.83. The second-order valence-corrected chi connectivity index (χ2v) is 5.58. The summed E-state index contributed by atoms with van der Waals surface area (Å²) in [6.45, 7) is 8.28. The molecule has 0 radical (unpaired) electrons. The van der Waals surface area contributed by atoms with E-state index in [1.54, 1.807) is 0 Å². The van der Waals surface area contributed by atoms with E-state index in [0.717, 1.165) is 17.5 Å². The quantitative estimate of drug-likeness (QED) is 0.876. The molecule has 0 bridgehead atoms. The maximum atomic E-state index is 5.83. The maximum Gasteiger partial charge on any atom is 0.205 e. The Bertz CT molecular complexity index is 350. The van der Waals surface area contributed by atoms with Crippen LogP contribution in [0.25, 0.3) is 0 Å². The van der Waals surface area contributed by atoms with Crippen molar-refractivity contribution in [3.8, 4) is 0 Å². The Labute approximate surface area is 101 Å². The van der Waals surface area contributed by atoms with E-state index < -0.39 is 0 Å². The first kappa shape index (κ1) is 11.8. The Morgan fingerprint density at radius 2 is 2.31 bits per heavy atom. The first-order chi connectivity index (χ1) is 7.63. The van der Waals surface area contributed by atoms with Gasteiger partial charge in [0.2, 0.25) is 5.13 Å². The van der Waals surface area contributed by atoms with Crippen molar-refractivity contribution in [2.24, 2.45) is 11.7 Å². The fourth-order valence-corrected chi connectivity index (χ4v) is 3.08. The molecule has 0 aromatic carbocycles. The molecule has 0 spiro atoms. The standard InChI is InChI=1S/C11H20N4S/c1-7(2)10-13-11(16-14-10)15-5-4-8(3)9(15)6-12/h7-9H,4-6,12H2,1-3H3. The van der Waals surface area contributed by atoms with Crippen LogP contribution in [0.2, 0.25) is 0 Å². The lowest BCUT2D eigenvalue weighted by atomic mass is 10.0. The van der Waals surface area contributed by atoms with Crippen molar-refractivity contribution < 1.29 is 0 Å². The minimum atomic E-state index is 0.404. The van der Waals surface area contributed by atoms with Crippen molar-refractivity contribution in [3.05, 3.63) is 5.82 Å². The van der Waals surface area contributed by atoms with Crippen LogP contribution in [0, 0.1) is 5.92 Å². The lowest BCUT2D eigenvalue weighted by Gasteiger charge is -2.24.